The van der Waals surface area contributed by atoms with Gasteiger partial charge in [0.05, 0.1) is 0 Å². The summed E-state index contributed by atoms with van der Waals surface area (Å²) in [5.41, 5.74) is 1.27. The third-order valence-electron chi connectivity index (χ3n) is 4.92. The first-order valence-corrected chi connectivity index (χ1v) is 8.91. The van der Waals surface area contributed by atoms with Crippen molar-refractivity contribution in [1.82, 2.24) is 10.2 Å². The fraction of sp³-hybridized carbons (Fsp3) is 0.647. The highest BCUT2D eigenvalue weighted by Crippen LogP contribution is 2.41. The molecule has 2 aliphatic rings. The molecule has 1 saturated carbocycles. The number of nitrogens with one attached hydrogen (secondary N) is 1. The zero-order chi connectivity index (χ0) is 14.7. The van der Waals surface area contributed by atoms with Crippen molar-refractivity contribution in [3.05, 3.63) is 33.8 Å². The Morgan fingerprint density at radius 1 is 1.05 bits per heavy atom. The fourth-order valence-electron chi connectivity index (χ4n) is 3.90. The van der Waals surface area contributed by atoms with Crippen LogP contribution in [0.15, 0.2) is 18.2 Å². The lowest BCUT2D eigenvalue weighted by atomic mass is 9.80. The van der Waals surface area contributed by atoms with Gasteiger partial charge in [0.2, 0.25) is 0 Å². The van der Waals surface area contributed by atoms with Crippen molar-refractivity contribution in [2.75, 3.05) is 26.2 Å². The molecule has 1 heterocycles. The van der Waals surface area contributed by atoms with Crippen LogP contribution in [-0.2, 0) is 0 Å². The van der Waals surface area contributed by atoms with Gasteiger partial charge in [-0.1, -0.05) is 48.5 Å². The molecule has 0 radical (unpaired) electrons. The van der Waals surface area contributed by atoms with E-state index in [0.717, 1.165) is 42.1 Å². The van der Waals surface area contributed by atoms with E-state index in [9.17, 15) is 0 Å². The van der Waals surface area contributed by atoms with E-state index < -0.39 is 0 Å². The lowest BCUT2D eigenvalue weighted by molar-refractivity contribution is 0.103. The van der Waals surface area contributed by atoms with Gasteiger partial charge in [0.15, 0.2) is 0 Å². The Labute approximate surface area is 137 Å². The van der Waals surface area contributed by atoms with Crippen LogP contribution < -0.4 is 5.32 Å². The van der Waals surface area contributed by atoms with Crippen molar-refractivity contribution < 1.29 is 0 Å². The van der Waals surface area contributed by atoms with Crippen molar-refractivity contribution in [2.45, 2.75) is 38.1 Å². The average Bonchev–Trinajstić information content (AvgIpc) is 2.52. The van der Waals surface area contributed by atoms with Gasteiger partial charge >= 0.3 is 0 Å². The number of rotatable bonds is 3. The average molecular weight is 327 g/mol. The summed E-state index contributed by atoms with van der Waals surface area (Å²) in [6, 6.07) is 6.49. The van der Waals surface area contributed by atoms with E-state index in [1.165, 1.54) is 37.7 Å². The molecule has 4 heteroatoms. The first-order valence-electron chi connectivity index (χ1n) is 8.15. The maximum absolute atomic E-state index is 6.54. The highest BCUT2D eigenvalue weighted by atomic mass is 35.5. The molecule has 1 aromatic rings. The fourth-order valence-corrected chi connectivity index (χ4v) is 4.42. The molecule has 1 aliphatic heterocycles. The van der Waals surface area contributed by atoms with Crippen LogP contribution in [0.2, 0.25) is 10.0 Å². The summed E-state index contributed by atoms with van der Waals surface area (Å²) >= 11 is 12.6. The molecule has 3 rings (SSSR count). The molecule has 21 heavy (non-hydrogen) atoms. The predicted molar refractivity (Wildman–Crippen MR) is 90.2 cm³/mol. The molecule has 0 aromatic heterocycles. The Morgan fingerprint density at radius 2 is 1.76 bits per heavy atom. The van der Waals surface area contributed by atoms with Gasteiger partial charge in [-0.3, -0.25) is 4.90 Å². The molecule has 0 bridgehead atoms. The second-order valence-corrected chi connectivity index (χ2v) is 7.14. The number of halogens is 2. The van der Waals surface area contributed by atoms with Gasteiger partial charge < -0.3 is 5.32 Å². The van der Waals surface area contributed by atoms with Crippen LogP contribution >= 0.6 is 23.2 Å². The van der Waals surface area contributed by atoms with Crippen LogP contribution in [0.4, 0.5) is 0 Å². The second kappa shape index (κ2) is 7.32. The molecule has 1 N–H and O–H groups in total. The van der Waals surface area contributed by atoms with E-state index in [1.54, 1.807) is 0 Å². The van der Waals surface area contributed by atoms with Gasteiger partial charge in [-0.25, -0.2) is 0 Å². The Bertz CT molecular complexity index is 448. The Kier molecular flexibility index (Phi) is 5.44. The van der Waals surface area contributed by atoms with Gasteiger partial charge in [-0.15, -0.1) is 0 Å². The summed E-state index contributed by atoms with van der Waals surface area (Å²) in [6.45, 7) is 4.38. The molecule has 0 unspecified atom stereocenters. The maximum atomic E-state index is 6.54. The van der Waals surface area contributed by atoms with Gasteiger partial charge in [0.1, 0.15) is 0 Å². The summed E-state index contributed by atoms with van der Waals surface area (Å²) in [5, 5.41) is 5.01. The first kappa shape index (κ1) is 15.6. The minimum absolute atomic E-state index is 0.456. The van der Waals surface area contributed by atoms with E-state index in [4.69, 9.17) is 23.2 Å². The third kappa shape index (κ3) is 3.73. The summed E-state index contributed by atoms with van der Waals surface area (Å²) in [5.74, 6) is 0.732. The number of hydrogen-bond acceptors (Lipinski definition) is 2. The molecule has 1 atom stereocenters. The predicted octanol–water partition coefficient (Wildman–Crippen LogP) is 4.52. The number of hydrogen-bond donors (Lipinski definition) is 1. The van der Waals surface area contributed by atoms with E-state index in [0.29, 0.717) is 6.04 Å². The van der Waals surface area contributed by atoms with Crippen molar-refractivity contribution >= 4 is 23.2 Å². The monoisotopic (exact) mass is 326 g/mol. The smallest absolute Gasteiger partial charge is 0.0468 e. The summed E-state index contributed by atoms with van der Waals surface area (Å²) in [4.78, 5) is 2.63. The molecular formula is C17H24Cl2N2. The Balaban J connectivity index is 1.89. The number of nitrogens with zero attached hydrogens (tertiary/aromatic N) is 1. The lowest BCUT2D eigenvalue weighted by Crippen LogP contribution is -2.47. The molecule has 0 amide bonds. The van der Waals surface area contributed by atoms with Crippen LogP contribution in [0.1, 0.15) is 43.7 Å². The largest absolute Gasteiger partial charge is 0.314 e. The van der Waals surface area contributed by atoms with Crippen molar-refractivity contribution in [2.24, 2.45) is 5.92 Å². The molecule has 1 saturated heterocycles. The molecule has 0 spiro atoms. The zero-order valence-corrected chi connectivity index (χ0v) is 14.0. The highest BCUT2D eigenvalue weighted by molar-refractivity contribution is 6.35. The summed E-state index contributed by atoms with van der Waals surface area (Å²) in [6.07, 6.45) is 6.76. The quantitative estimate of drug-likeness (QED) is 0.878. The molecule has 1 aromatic carbocycles. The van der Waals surface area contributed by atoms with Gasteiger partial charge in [0, 0.05) is 42.3 Å². The van der Waals surface area contributed by atoms with Crippen LogP contribution in [0.5, 0.6) is 0 Å². The van der Waals surface area contributed by atoms with E-state index in [1.807, 2.05) is 12.1 Å². The zero-order valence-electron chi connectivity index (χ0n) is 12.5. The number of benzene rings is 1. The molecule has 2 fully saturated rings. The molecular weight excluding hydrogens is 303 g/mol. The summed E-state index contributed by atoms with van der Waals surface area (Å²) < 4.78 is 0. The van der Waals surface area contributed by atoms with Crippen molar-refractivity contribution in [1.29, 1.82) is 0 Å². The van der Waals surface area contributed by atoms with Gasteiger partial charge in [0.25, 0.3) is 0 Å². The van der Waals surface area contributed by atoms with E-state index in [-0.39, 0.29) is 0 Å². The molecule has 2 nitrogen and oxygen atoms in total. The minimum Gasteiger partial charge on any atom is -0.314 e. The third-order valence-corrected chi connectivity index (χ3v) is 5.48. The maximum Gasteiger partial charge on any atom is 0.0468 e. The van der Waals surface area contributed by atoms with Crippen LogP contribution in [0.3, 0.4) is 0 Å². The SMILES string of the molecule is Clc1ccc([C@H](C2CCCCC2)N2CCNCC2)c(Cl)c1. The minimum atomic E-state index is 0.456. The summed E-state index contributed by atoms with van der Waals surface area (Å²) in [7, 11) is 0. The van der Waals surface area contributed by atoms with E-state index in [2.05, 4.69) is 16.3 Å². The van der Waals surface area contributed by atoms with Crippen molar-refractivity contribution in [3.8, 4) is 0 Å². The molecule has 116 valence electrons. The van der Waals surface area contributed by atoms with Crippen LogP contribution in [0.25, 0.3) is 0 Å². The van der Waals surface area contributed by atoms with Gasteiger partial charge in [-0.05, 0) is 36.5 Å². The topological polar surface area (TPSA) is 15.3 Å². The Hall–Kier alpha value is -0.280. The normalized spacial score (nSPS) is 23.1. The number of piperazine rings is 1. The van der Waals surface area contributed by atoms with Gasteiger partial charge in [-0.2, -0.15) is 0 Å². The van der Waals surface area contributed by atoms with Crippen LogP contribution in [0, 0.1) is 5.92 Å². The van der Waals surface area contributed by atoms with Crippen LogP contribution in [-0.4, -0.2) is 31.1 Å². The Morgan fingerprint density at radius 3 is 2.43 bits per heavy atom. The highest BCUT2D eigenvalue weighted by Gasteiger charge is 2.32. The molecule has 1 aliphatic carbocycles. The lowest BCUT2D eigenvalue weighted by Gasteiger charge is -2.41. The van der Waals surface area contributed by atoms with Crippen molar-refractivity contribution in [3.63, 3.8) is 0 Å². The second-order valence-electron chi connectivity index (χ2n) is 6.29. The standard InChI is InChI=1S/C17H24Cl2N2/c18-14-6-7-15(16(19)12-14)17(13-4-2-1-3-5-13)21-10-8-20-9-11-21/h6-7,12-13,17,20H,1-5,8-11H2/t17-/m0/s1. The van der Waals surface area contributed by atoms with E-state index >= 15 is 0 Å². The first-order chi connectivity index (χ1) is 10.3.